The van der Waals surface area contributed by atoms with E-state index in [-0.39, 0.29) is 11.5 Å². The Kier molecular flexibility index (Phi) is 5.18. The molecule has 1 fully saturated rings. The highest BCUT2D eigenvalue weighted by atomic mass is 16.1. The fraction of sp³-hybridized carbons (Fsp3) is 0.250. The number of carbonyl (C=O) groups excluding carboxylic acids is 1. The van der Waals surface area contributed by atoms with Gasteiger partial charge in [-0.3, -0.25) is 14.2 Å². The second-order valence-corrected chi connectivity index (χ2v) is 7.97. The number of amides is 1. The van der Waals surface area contributed by atoms with E-state index in [1.807, 2.05) is 53.0 Å². The Balaban J connectivity index is 1.68. The largest absolute Gasteiger partial charge is 0.341 e. The molecule has 32 heavy (non-hydrogen) atoms. The number of nitrogens with one attached hydrogen (secondary N) is 1. The molecule has 1 saturated heterocycles. The van der Waals surface area contributed by atoms with E-state index < -0.39 is 0 Å². The zero-order valence-corrected chi connectivity index (χ0v) is 17.9. The van der Waals surface area contributed by atoms with Gasteiger partial charge in [0.15, 0.2) is 0 Å². The lowest BCUT2D eigenvalue weighted by molar-refractivity contribution is -0.114. The maximum atomic E-state index is 13.5. The molecule has 4 aromatic rings. The van der Waals surface area contributed by atoms with Crippen LogP contribution in [0.1, 0.15) is 25.3 Å². The fourth-order valence-corrected chi connectivity index (χ4v) is 4.22. The minimum Gasteiger partial charge on any atom is -0.341 e. The molecule has 162 valence electrons. The highest BCUT2D eigenvalue weighted by Crippen LogP contribution is 2.24. The summed E-state index contributed by atoms with van der Waals surface area (Å²) in [6.45, 7) is 3.64. The summed E-state index contributed by atoms with van der Waals surface area (Å²) in [6.07, 6.45) is 6.15. The van der Waals surface area contributed by atoms with Gasteiger partial charge in [0.2, 0.25) is 17.6 Å². The first-order valence-electron chi connectivity index (χ1n) is 10.8. The van der Waals surface area contributed by atoms with E-state index >= 15 is 0 Å². The Hall–Kier alpha value is -3.94. The molecule has 5 rings (SSSR count). The molecule has 0 spiro atoms. The minimum absolute atomic E-state index is 0.169. The molecule has 8 heteroatoms. The van der Waals surface area contributed by atoms with Gasteiger partial charge in [0.1, 0.15) is 0 Å². The third kappa shape index (κ3) is 3.64. The SMILES string of the molecule is CC(=O)Nc1ccc2c(c1)c(=O)n(CC=Cc1ccccc1)c1nnc(N3CCCC3)n21. The van der Waals surface area contributed by atoms with Gasteiger partial charge in [0.25, 0.3) is 5.56 Å². The Morgan fingerprint density at radius 3 is 2.62 bits per heavy atom. The van der Waals surface area contributed by atoms with Crippen molar-refractivity contribution in [2.45, 2.75) is 26.3 Å². The third-order valence-corrected chi connectivity index (χ3v) is 5.69. The number of hydrogen-bond acceptors (Lipinski definition) is 5. The second kappa shape index (κ2) is 8.30. The average Bonchev–Trinajstić information content (AvgIpc) is 3.46. The van der Waals surface area contributed by atoms with Crippen LogP contribution in [0.25, 0.3) is 22.8 Å². The molecule has 2 aromatic carbocycles. The summed E-state index contributed by atoms with van der Waals surface area (Å²) in [6, 6.07) is 15.3. The lowest BCUT2D eigenvalue weighted by Gasteiger charge is -2.17. The van der Waals surface area contributed by atoms with Gasteiger partial charge >= 0.3 is 0 Å². The van der Waals surface area contributed by atoms with Crippen molar-refractivity contribution in [2.24, 2.45) is 0 Å². The van der Waals surface area contributed by atoms with E-state index in [4.69, 9.17) is 0 Å². The van der Waals surface area contributed by atoms with Gasteiger partial charge in [0, 0.05) is 32.2 Å². The lowest BCUT2D eigenvalue weighted by Crippen LogP contribution is -2.25. The third-order valence-electron chi connectivity index (χ3n) is 5.69. The van der Waals surface area contributed by atoms with Crippen LogP contribution >= 0.6 is 0 Å². The van der Waals surface area contributed by atoms with E-state index in [9.17, 15) is 9.59 Å². The Labute approximate surface area is 184 Å². The number of hydrogen-bond donors (Lipinski definition) is 1. The van der Waals surface area contributed by atoms with Gasteiger partial charge < -0.3 is 10.2 Å². The van der Waals surface area contributed by atoms with E-state index in [0.717, 1.165) is 43.0 Å². The van der Waals surface area contributed by atoms with Crippen molar-refractivity contribution in [1.29, 1.82) is 0 Å². The predicted molar refractivity (Wildman–Crippen MR) is 126 cm³/mol. The molecular formula is C24H24N6O2. The van der Waals surface area contributed by atoms with Crippen molar-refractivity contribution < 1.29 is 4.79 Å². The Morgan fingerprint density at radius 1 is 1.09 bits per heavy atom. The summed E-state index contributed by atoms with van der Waals surface area (Å²) in [5, 5.41) is 12.1. The van der Waals surface area contributed by atoms with Crippen LogP contribution in [0, 0.1) is 0 Å². The topological polar surface area (TPSA) is 84.5 Å². The first-order chi connectivity index (χ1) is 15.6. The van der Waals surface area contributed by atoms with Crippen molar-refractivity contribution in [3.8, 4) is 0 Å². The van der Waals surface area contributed by atoms with Crippen LogP contribution in [0.15, 0.2) is 59.4 Å². The number of allylic oxidation sites excluding steroid dienone is 1. The first-order valence-corrected chi connectivity index (χ1v) is 10.8. The number of carbonyl (C=O) groups is 1. The van der Waals surface area contributed by atoms with Crippen LogP contribution in [-0.4, -0.2) is 38.2 Å². The lowest BCUT2D eigenvalue weighted by atomic mass is 10.2. The molecule has 2 aromatic heterocycles. The summed E-state index contributed by atoms with van der Waals surface area (Å²) in [5.74, 6) is 1.07. The molecule has 1 amide bonds. The number of fused-ring (bicyclic) bond motifs is 3. The van der Waals surface area contributed by atoms with Crippen molar-refractivity contribution in [3.63, 3.8) is 0 Å². The smallest absolute Gasteiger partial charge is 0.263 e. The monoisotopic (exact) mass is 428 g/mol. The minimum atomic E-state index is -0.182. The highest BCUT2D eigenvalue weighted by molar-refractivity contribution is 5.92. The quantitative estimate of drug-likeness (QED) is 0.527. The molecule has 1 aliphatic rings. The van der Waals surface area contributed by atoms with Crippen LogP contribution in [0.3, 0.4) is 0 Å². The number of nitrogens with zero attached hydrogens (tertiary/aromatic N) is 5. The molecule has 3 heterocycles. The number of aromatic nitrogens is 4. The van der Waals surface area contributed by atoms with Crippen LogP contribution in [0.5, 0.6) is 0 Å². The molecule has 8 nitrogen and oxygen atoms in total. The summed E-state index contributed by atoms with van der Waals surface area (Å²) < 4.78 is 3.59. The van der Waals surface area contributed by atoms with E-state index in [1.165, 1.54) is 6.92 Å². The van der Waals surface area contributed by atoms with Crippen molar-refractivity contribution in [2.75, 3.05) is 23.3 Å². The molecule has 1 aliphatic heterocycles. The molecule has 0 unspecified atom stereocenters. The number of rotatable bonds is 5. The predicted octanol–water partition coefficient (Wildman–Crippen LogP) is 3.32. The van der Waals surface area contributed by atoms with Gasteiger partial charge in [-0.1, -0.05) is 42.5 Å². The molecule has 0 saturated carbocycles. The molecule has 0 aliphatic carbocycles. The summed E-state index contributed by atoms with van der Waals surface area (Å²) in [7, 11) is 0. The van der Waals surface area contributed by atoms with Crippen LogP contribution in [0.4, 0.5) is 11.6 Å². The Morgan fingerprint density at radius 2 is 1.88 bits per heavy atom. The fourth-order valence-electron chi connectivity index (χ4n) is 4.22. The highest BCUT2D eigenvalue weighted by Gasteiger charge is 2.22. The number of benzene rings is 2. The summed E-state index contributed by atoms with van der Waals surface area (Å²) in [4.78, 5) is 27.2. The average molecular weight is 428 g/mol. The molecule has 0 atom stereocenters. The van der Waals surface area contributed by atoms with Gasteiger partial charge in [-0.2, -0.15) is 0 Å². The van der Waals surface area contributed by atoms with Gasteiger partial charge in [-0.25, -0.2) is 4.40 Å². The van der Waals surface area contributed by atoms with Gasteiger partial charge in [-0.15, -0.1) is 10.2 Å². The Bertz CT molecular complexity index is 1380. The molecular weight excluding hydrogens is 404 g/mol. The summed E-state index contributed by atoms with van der Waals surface area (Å²) >= 11 is 0. The zero-order valence-electron chi connectivity index (χ0n) is 17.9. The molecule has 0 radical (unpaired) electrons. The van der Waals surface area contributed by atoms with E-state index in [0.29, 0.717) is 23.4 Å². The summed E-state index contributed by atoms with van der Waals surface area (Å²) in [5.41, 5.74) is 2.21. The van der Waals surface area contributed by atoms with E-state index in [2.05, 4.69) is 20.4 Å². The van der Waals surface area contributed by atoms with Crippen LogP contribution in [0.2, 0.25) is 0 Å². The molecule has 0 bridgehead atoms. The first kappa shape index (κ1) is 20.0. The van der Waals surface area contributed by atoms with Crippen LogP contribution in [-0.2, 0) is 11.3 Å². The second-order valence-electron chi connectivity index (χ2n) is 7.97. The van der Waals surface area contributed by atoms with Crippen molar-refractivity contribution >= 4 is 40.3 Å². The van der Waals surface area contributed by atoms with Crippen LogP contribution < -0.4 is 15.8 Å². The van der Waals surface area contributed by atoms with Crippen molar-refractivity contribution in [1.82, 2.24) is 19.2 Å². The van der Waals surface area contributed by atoms with E-state index in [1.54, 1.807) is 16.7 Å². The molecule has 1 N–H and O–H groups in total. The van der Waals surface area contributed by atoms with Gasteiger partial charge in [0.05, 0.1) is 10.9 Å². The van der Waals surface area contributed by atoms with Crippen molar-refractivity contribution in [3.05, 3.63) is 70.5 Å². The maximum Gasteiger partial charge on any atom is 0.263 e. The standard InChI is InChI=1S/C24H24N6O2/c1-17(31)25-19-11-12-21-20(16-19)22(32)29(15-7-10-18-8-3-2-4-9-18)24-27-26-23(30(21)24)28-13-5-6-14-28/h2-4,7-12,16H,5-6,13-15H2,1H3,(H,25,31). The van der Waals surface area contributed by atoms with Gasteiger partial charge in [-0.05, 0) is 36.6 Å². The zero-order chi connectivity index (χ0) is 22.1. The normalized spacial score (nSPS) is 14.1. The maximum absolute atomic E-state index is 13.5. The number of anilines is 2.